The monoisotopic (exact) mass is 692 g/mol. The molecular formula is C36H31Cl2FN2O7. The zero-order chi connectivity index (χ0) is 34.0. The lowest BCUT2D eigenvalue weighted by molar-refractivity contribution is -0.140. The summed E-state index contributed by atoms with van der Waals surface area (Å²) in [5, 5.41) is 18.8. The number of anilines is 1. The highest BCUT2D eigenvalue weighted by molar-refractivity contribution is 6.58. The number of amides is 4. The third-order valence-corrected chi connectivity index (χ3v) is 11.5. The van der Waals surface area contributed by atoms with E-state index in [0.29, 0.717) is 23.3 Å². The van der Waals surface area contributed by atoms with Crippen molar-refractivity contribution in [2.24, 2.45) is 17.8 Å². The predicted octanol–water partition coefficient (Wildman–Crippen LogP) is 4.71. The summed E-state index contributed by atoms with van der Waals surface area (Å²) >= 11 is 14.8. The van der Waals surface area contributed by atoms with Crippen LogP contribution >= 0.6 is 23.2 Å². The van der Waals surface area contributed by atoms with Crippen LogP contribution in [0.4, 0.5) is 10.1 Å². The number of phenolic OH excluding ortho intramolecular Hbond substituents is 1. The number of carbonyl (C=O) groups excluding carboxylic acids is 4. The molecule has 3 fully saturated rings. The van der Waals surface area contributed by atoms with Gasteiger partial charge in [-0.1, -0.05) is 35.9 Å². The smallest absolute Gasteiger partial charge is 0.258 e. The van der Waals surface area contributed by atoms with Gasteiger partial charge in [-0.25, -0.2) is 9.29 Å². The molecule has 248 valence electrons. The fourth-order valence-electron chi connectivity index (χ4n) is 7.88. The van der Waals surface area contributed by atoms with E-state index in [0.717, 1.165) is 22.6 Å². The SMILES string of the molecule is O=C1[C@H]2[C@H](CC=C3[C@H]2C[C@@]2(Cl)C(=O)N(c4ccc(F)cc4)C(=O)[C@@]2(Cl)[C@H]3c2ccc(OCCO)cc2)C(=O)N1CCc1ccc(O)cc1. The number of carbonyl (C=O) groups is 4. The van der Waals surface area contributed by atoms with Crippen molar-refractivity contribution in [3.05, 3.63) is 101 Å². The number of alkyl halides is 2. The van der Waals surface area contributed by atoms with Crippen LogP contribution in [0, 0.1) is 23.6 Å². The Labute approximate surface area is 285 Å². The first-order chi connectivity index (χ1) is 23.0. The Balaban J connectivity index is 1.29. The normalized spacial score (nSPS) is 29.5. The first-order valence-corrected chi connectivity index (χ1v) is 16.4. The van der Waals surface area contributed by atoms with Crippen molar-refractivity contribution in [2.75, 3.05) is 24.7 Å². The number of imide groups is 2. The summed E-state index contributed by atoms with van der Waals surface area (Å²) < 4.78 is 19.4. The second-order valence-electron chi connectivity index (χ2n) is 12.6. The van der Waals surface area contributed by atoms with Gasteiger partial charge in [-0.05, 0) is 84.8 Å². The first kappa shape index (κ1) is 32.3. The second kappa shape index (κ2) is 12.0. The van der Waals surface area contributed by atoms with E-state index in [-0.39, 0.29) is 55.9 Å². The quantitative estimate of drug-likeness (QED) is 0.199. The number of benzene rings is 3. The average molecular weight is 694 g/mol. The molecule has 4 amide bonds. The number of phenols is 1. The second-order valence-corrected chi connectivity index (χ2v) is 13.9. The van der Waals surface area contributed by atoms with Crippen molar-refractivity contribution in [3.8, 4) is 11.5 Å². The largest absolute Gasteiger partial charge is 0.508 e. The number of allylic oxidation sites excluding steroid dienone is 2. The number of likely N-dealkylation sites (tertiary alicyclic amines) is 1. The van der Waals surface area contributed by atoms with Gasteiger partial charge in [-0.2, -0.15) is 0 Å². The molecule has 0 bridgehead atoms. The van der Waals surface area contributed by atoms with Gasteiger partial charge < -0.3 is 14.9 Å². The van der Waals surface area contributed by atoms with Crippen LogP contribution in [0.25, 0.3) is 0 Å². The van der Waals surface area contributed by atoms with Crippen LogP contribution in [0.3, 0.4) is 0 Å². The third-order valence-electron chi connectivity index (χ3n) is 10.1. The molecule has 9 nitrogen and oxygen atoms in total. The Bertz CT molecular complexity index is 1830. The van der Waals surface area contributed by atoms with Crippen LogP contribution < -0.4 is 9.64 Å². The molecule has 0 radical (unpaired) electrons. The van der Waals surface area contributed by atoms with Gasteiger partial charge in [-0.15, -0.1) is 23.2 Å². The van der Waals surface area contributed by atoms with E-state index >= 15 is 0 Å². The Morgan fingerprint density at radius 2 is 1.56 bits per heavy atom. The zero-order valence-corrected chi connectivity index (χ0v) is 27.0. The minimum Gasteiger partial charge on any atom is -0.508 e. The van der Waals surface area contributed by atoms with Crippen molar-refractivity contribution in [2.45, 2.75) is 34.9 Å². The van der Waals surface area contributed by atoms with E-state index < -0.39 is 51.1 Å². The fraction of sp³-hybridized carbons (Fsp3) is 0.333. The molecule has 4 aliphatic rings. The van der Waals surface area contributed by atoms with Crippen LogP contribution in [0.1, 0.15) is 29.9 Å². The van der Waals surface area contributed by atoms with Crippen LogP contribution in [0.2, 0.25) is 0 Å². The van der Waals surface area contributed by atoms with E-state index in [1.807, 2.05) is 6.08 Å². The molecule has 3 aromatic rings. The van der Waals surface area contributed by atoms with Crippen LogP contribution in [-0.2, 0) is 25.6 Å². The zero-order valence-electron chi connectivity index (χ0n) is 25.5. The van der Waals surface area contributed by atoms with E-state index in [1.54, 1.807) is 48.5 Å². The van der Waals surface area contributed by atoms with Gasteiger partial charge in [0.2, 0.25) is 11.8 Å². The van der Waals surface area contributed by atoms with Crippen molar-refractivity contribution >= 4 is 52.5 Å². The van der Waals surface area contributed by atoms with Gasteiger partial charge >= 0.3 is 0 Å². The van der Waals surface area contributed by atoms with Crippen molar-refractivity contribution < 1.29 is 38.5 Å². The molecule has 0 aromatic heterocycles. The van der Waals surface area contributed by atoms with Crippen LogP contribution in [-0.4, -0.2) is 68.2 Å². The number of rotatable bonds is 8. The molecule has 2 heterocycles. The summed E-state index contributed by atoms with van der Waals surface area (Å²) in [6, 6.07) is 18.1. The lowest BCUT2D eigenvalue weighted by Gasteiger charge is -2.50. The Morgan fingerprint density at radius 1 is 0.875 bits per heavy atom. The fourth-order valence-corrected chi connectivity index (χ4v) is 8.82. The molecule has 12 heteroatoms. The van der Waals surface area contributed by atoms with Crippen molar-refractivity contribution in [1.82, 2.24) is 4.90 Å². The number of aliphatic hydroxyl groups excluding tert-OH is 1. The number of aromatic hydroxyl groups is 1. The van der Waals surface area contributed by atoms with Crippen molar-refractivity contribution in [3.63, 3.8) is 0 Å². The molecule has 0 spiro atoms. The third kappa shape index (κ3) is 4.83. The summed E-state index contributed by atoms with van der Waals surface area (Å²) in [4.78, 5) is 54.7. The molecular weight excluding hydrogens is 662 g/mol. The molecule has 6 atom stereocenters. The summed E-state index contributed by atoms with van der Waals surface area (Å²) in [6.07, 6.45) is 2.31. The number of fused-ring (bicyclic) bond motifs is 4. The number of halogens is 3. The number of ether oxygens (including phenoxy) is 1. The van der Waals surface area contributed by atoms with E-state index in [2.05, 4.69) is 0 Å². The minimum atomic E-state index is -2.03. The van der Waals surface area contributed by atoms with Crippen molar-refractivity contribution in [1.29, 1.82) is 0 Å². The first-order valence-electron chi connectivity index (χ1n) is 15.7. The highest BCUT2D eigenvalue weighted by atomic mass is 35.5. The lowest BCUT2D eigenvalue weighted by atomic mass is 9.56. The highest BCUT2D eigenvalue weighted by Crippen LogP contribution is 2.65. The standard InChI is InChI=1S/C36H31Cl2FN2O7/c37-35-19-28-26(13-14-27-29(28)32(45)40(31(27)44)16-15-20-1-9-24(43)10-2-20)30(21-3-11-25(12-4-21)48-18-17-42)36(35,38)34(47)41(33(35)46)23-7-5-22(39)6-8-23/h1-13,27-30,42-43H,14-19H2/t27-,28+,29-,30-,35+,36-/m0/s1. The molecule has 1 saturated carbocycles. The Hall–Kier alpha value is -4.25. The number of nitrogens with zero attached hydrogens (tertiary/aromatic N) is 2. The molecule has 48 heavy (non-hydrogen) atoms. The molecule has 2 saturated heterocycles. The number of aliphatic hydroxyl groups is 1. The molecule has 2 N–H and O–H groups in total. The number of hydrogen-bond donors (Lipinski definition) is 2. The predicted molar refractivity (Wildman–Crippen MR) is 174 cm³/mol. The van der Waals surface area contributed by atoms with Crippen LogP contribution in [0.5, 0.6) is 11.5 Å². The van der Waals surface area contributed by atoms with Gasteiger partial charge in [0, 0.05) is 12.5 Å². The Kier molecular flexibility index (Phi) is 8.09. The molecule has 7 rings (SSSR count). The molecule has 3 aromatic carbocycles. The van der Waals surface area contributed by atoms with Gasteiger partial charge in [0.15, 0.2) is 9.75 Å². The summed E-state index contributed by atoms with van der Waals surface area (Å²) in [5.74, 6) is -5.40. The van der Waals surface area contributed by atoms with Gasteiger partial charge in [-0.3, -0.25) is 24.1 Å². The van der Waals surface area contributed by atoms with Gasteiger partial charge in [0.1, 0.15) is 23.9 Å². The molecule has 2 aliphatic carbocycles. The topological polar surface area (TPSA) is 124 Å². The maximum absolute atomic E-state index is 14.4. The van der Waals surface area contributed by atoms with Crippen LogP contribution in [0.15, 0.2) is 84.4 Å². The van der Waals surface area contributed by atoms with E-state index in [4.69, 9.17) is 27.9 Å². The Morgan fingerprint density at radius 3 is 2.23 bits per heavy atom. The van der Waals surface area contributed by atoms with Gasteiger partial charge in [0.25, 0.3) is 11.8 Å². The average Bonchev–Trinajstić information content (AvgIpc) is 3.41. The minimum absolute atomic E-state index is 0.0717. The van der Waals surface area contributed by atoms with E-state index in [9.17, 15) is 33.8 Å². The van der Waals surface area contributed by atoms with Gasteiger partial charge in [0.05, 0.1) is 24.1 Å². The number of hydrogen-bond acceptors (Lipinski definition) is 7. The maximum atomic E-state index is 14.4. The highest BCUT2D eigenvalue weighted by Gasteiger charge is 2.76. The summed E-state index contributed by atoms with van der Waals surface area (Å²) in [7, 11) is 0. The van der Waals surface area contributed by atoms with E-state index in [1.165, 1.54) is 17.0 Å². The molecule has 0 unspecified atom stereocenters. The summed E-state index contributed by atoms with van der Waals surface area (Å²) in [6.45, 7) is 0.0232. The maximum Gasteiger partial charge on any atom is 0.258 e. The summed E-state index contributed by atoms with van der Waals surface area (Å²) in [5.41, 5.74) is 2.14. The molecule has 2 aliphatic heterocycles. The lowest BCUT2D eigenvalue weighted by Crippen LogP contribution is -2.60.